The number of imidazole rings is 1. The van der Waals surface area contributed by atoms with Gasteiger partial charge in [0.2, 0.25) is 5.91 Å². The molecule has 1 aliphatic carbocycles. The zero-order valence-electron chi connectivity index (χ0n) is 17.9. The van der Waals surface area contributed by atoms with Crippen LogP contribution in [-0.2, 0) is 11.3 Å². The summed E-state index contributed by atoms with van der Waals surface area (Å²) in [5, 5.41) is 4.48. The summed E-state index contributed by atoms with van der Waals surface area (Å²) in [5.74, 6) is 7.20. The van der Waals surface area contributed by atoms with Crippen molar-refractivity contribution in [2.24, 2.45) is 5.84 Å². The Morgan fingerprint density at radius 2 is 2.03 bits per heavy atom. The Morgan fingerprint density at radius 1 is 1.25 bits per heavy atom. The number of imide groups is 1. The maximum atomic E-state index is 12.7. The summed E-state index contributed by atoms with van der Waals surface area (Å²) in [6, 6.07) is 3.40. The van der Waals surface area contributed by atoms with E-state index in [0.29, 0.717) is 46.7 Å². The van der Waals surface area contributed by atoms with E-state index in [-0.39, 0.29) is 18.5 Å². The Kier molecular flexibility index (Phi) is 4.63. The van der Waals surface area contributed by atoms with Crippen molar-refractivity contribution in [3.63, 3.8) is 0 Å². The van der Waals surface area contributed by atoms with Crippen molar-refractivity contribution in [2.75, 3.05) is 41.6 Å². The number of nitrogens with zero attached hydrogens (tertiary/aromatic N) is 6. The summed E-state index contributed by atoms with van der Waals surface area (Å²) in [5.41, 5.74) is 10.2. The highest BCUT2D eigenvalue weighted by molar-refractivity contribution is 6.13. The lowest BCUT2D eigenvalue weighted by molar-refractivity contribution is -0.123. The van der Waals surface area contributed by atoms with Crippen LogP contribution in [0.1, 0.15) is 30.0 Å². The maximum absolute atomic E-state index is 12.7. The van der Waals surface area contributed by atoms with E-state index >= 15 is 0 Å². The van der Waals surface area contributed by atoms with Crippen LogP contribution in [0.5, 0.6) is 0 Å². The Balaban J connectivity index is 1.52. The van der Waals surface area contributed by atoms with Gasteiger partial charge in [-0.3, -0.25) is 14.6 Å². The average molecular weight is 435 g/mol. The van der Waals surface area contributed by atoms with Gasteiger partial charge in [-0.15, -0.1) is 0 Å². The standard InChI is InChI=1S/C21H25N9O2/c1-24-18-6-16(15(22)7-25-18)30(23)10-14-9-28-8-13(12-3-4-12)5-17(20(28)26-14)29-11-19(31)27(2)21(29)32/h5-9,12H,3-4,10-11,22-23H2,1-2H3,(H,24,25). The first-order valence-electron chi connectivity index (χ1n) is 10.4. The number of nitrogens with two attached hydrogens (primary N) is 2. The number of carbonyl (C=O) groups excluding carboxylic acids is 2. The van der Waals surface area contributed by atoms with Crippen molar-refractivity contribution in [3.8, 4) is 0 Å². The SMILES string of the molecule is CNc1cc(N(N)Cc2cn3cc(C4CC4)cc(N4CC(=O)N(C)C4=O)c3n2)c(N)cn1. The monoisotopic (exact) mass is 435 g/mol. The lowest BCUT2D eigenvalue weighted by Gasteiger charge is -2.19. The predicted molar refractivity (Wildman–Crippen MR) is 121 cm³/mol. The second-order valence-corrected chi connectivity index (χ2v) is 8.22. The van der Waals surface area contributed by atoms with Crippen molar-refractivity contribution >= 4 is 40.5 Å². The Morgan fingerprint density at radius 3 is 2.69 bits per heavy atom. The number of nitrogens with one attached hydrogen (secondary N) is 1. The minimum Gasteiger partial charge on any atom is -0.396 e. The molecule has 3 aromatic rings. The summed E-state index contributed by atoms with van der Waals surface area (Å²) in [7, 11) is 3.26. The normalized spacial score (nSPS) is 16.3. The number of rotatable bonds is 6. The van der Waals surface area contributed by atoms with Crippen molar-refractivity contribution in [1.82, 2.24) is 19.3 Å². The summed E-state index contributed by atoms with van der Waals surface area (Å²) >= 11 is 0. The molecule has 1 saturated heterocycles. The van der Waals surface area contributed by atoms with E-state index < -0.39 is 0 Å². The highest BCUT2D eigenvalue weighted by atomic mass is 16.2. The Bertz CT molecular complexity index is 1230. The van der Waals surface area contributed by atoms with E-state index in [1.54, 1.807) is 19.3 Å². The number of hydrazine groups is 1. The van der Waals surface area contributed by atoms with Crippen molar-refractivity contribution in [1.29, 1.82) is 0 Å². The first-order valence-corrected chi connectivity index (χ1v) is 10.4. The number of aromatic nitrogens is 3. The molecule has 0 bridgehead atoms. The van der Waals surface area contributed by atoms with Crippen LogP contribution >= 0.6 is 0 Å². The summed E-state index contributed by atoms with van der Waals surface area (Å²) < 4.78 is 1.91. The van der Waals surface area contributed by atoms with E-state index in [1.165, 1.54) is 17.0 Å². The molecule has 1 saturated carbocycles. The molecule has 11 nitrogen and oxygen atoms in total. The van der Waals surface area contributed by atoms with Crippen LogP contribution < -0.4 is 26.8 Å². The molecule has 1 aliphatic heterocycles. The molecule has 5 N–H and O–H groups in total. The lowest BCUT2D eigenvalue weighted by atomic mass is 10.1. The van der Waals surface area contributed by atoms with Gasteiger partial charge in [-0.05, 0) is 30.4 Å². The van der Waals surface area contributed by atoms with Crippen LogP contribution in [0.25, 0.3) is 5.65 Å². The molecule has 3 amide bonds. The van der Waals surface area contributed by atoms with E-state index in [1.807, 2.05) is 22.9 Å². The molecule has 166 valence electrons. The number of hydrogen-bond donors (Lipinski definition) is 3. The number of urea groups is 1. The molecule has 4 heterocycles. The number of pyridine rings is 2. The fourth-order valence-electron chi connectivity index (χ4n) is 3.95. The first kappa shape index (κ1) is 20.1. The van der Waals surface area contributed by atoms with Gasteiger partial charge in [0.25, 0.3) is 0 Å². The van der Waals surface area contributed by atoms with Crippen LogP contribution in [0, 0.1) is 0 Å². The second kappa shape index (κ2) is 7.38. The third-order valence-electron chi connectivity index (χ3n) is 5.94. The van der Waals surface area contributed by atoms with Gasteiger partial charge < -0.3 is 20.5 Å². The van der Waals surface area contributed by atoms with Crippen molar-refractivity contribution < 1.29 is 9.59 Å². The minimum absolute atomic E-state index is 0.00463. The average Bonchev–Trinajstić information content (AvgIpc) is 3.50. The minimum atomic E-state index is -0.348. The number of carbonyl (C=O) groups is 2. The van der Waals surface area contributed by atoms with E-state index in [0.717, 1.165) is 23.3 Å². The fourth-order valence-corrected chi connectivity index (χ4v) is 3.95. The molecule has 5 rings (SSSR count). The highest BCUT2D eigenvalue weighted by Crippen LogP contribution is 2.42. The van der Waals surface area contributed by atoms with E-state index in [9.17, 15) is 9.59 Å². The maximum Gasteiger partial charge on any atom is 0.331 e. The Hall–Kier alpha value is -3.86. The quantitative estimate of drug-likeness (QED) is 0.301. The third-order valence-corrected chi connectivity index (χ3v) is 5.94. The molecule has 0 unspecified atom stereocenters. The molecular weight excluding hydrogens is 410 g/mol. The number of hydrogen-bond acceptors (Lipinski definition) is 8. The molecule has 2 fully saturated rings. The van der Waals surface area contributed by atoms with E-state index in [2.05, 4.69) is 10.3 Å². The zero-order chi connectivity index (χ0) is 22.6. The molecule has 2 aliphatic rings. The molecule has 32 heavy (non-hydrogen) atoms. The van der Waals surface area contributed by atoms with Crippen LogP contribution in [-0.4, -0.2) is 51.8 Å². The number of nitrogen functional groups attached to an aromatic ring is 1. The van der Waals surface area contributed by atoms with Gasteiger partial charge >= 0.3 is 6.03 Å². The highest BCUT2D eigenvalue weighted by Gasteiger charge is 2.36. The van der Waals surface area contributed by atoms with Gasteiger partial charge in [-0.1, -0.05) is 0 Å². The van der Waals surface area contributed by atoms with Gasteiger partial charge in [0.1, 0.15) is 12.4 Å². The van der Waals surface area contributed by atoms with Crippen molar-refractivity contribution in [2.45, 2.75) is 25.3 Å². The van der Waals surface area contributed by atoms with Crippen LogP contribution in [0.4, 0.5) is 27.7 Å². The molecule has 11 heteroatoms. The molecule has 3 aromatic heterocycles. The molecular formula is C21H25N9O2. The van der Waals surface area contributed by atoms with Crippen LogP contribution in [0.2, 0.25) is 0 Å². The predicted octanol–water partition coefficient (Wildman–Crippen LogP) is 1.51. The smallest absolute Gasteiger partial charge is 0.331 e. The third kappa shape index (κ3) is 3.36. The first-order chi connectivity index (χ1) is 15.4. The molecule has 0 atom stereocenters. The van der Waals surface area contributed by atoms with Gasteiger partial charge in [0, 0.05) is 32.6 Å². The van der Waals surface area contributed by atoms with E-state index in [4.69, 9.17) is 16.6 Å². The van der Waals surface area contributed by atoms with Gasteiger partial charge in [-0.2, -0.15) is 0 Å². The summed E-state index contributed by atoms with van der Waals surface area (Å²) in [4.78, 5) is 36.3. The lowest BCUT2D eigenvalue weighted by Crippen LogP contribution is -2.31. The summed E-state index contributed by atoms with van der Waals surface area (Å²) in [6.07, 6.45) is 7.72. The fraction of sp³-hybridized carbons (Fsp3) is 0.333. The van der Waals surface area contributed by atoms with Gasteiger partial charge in [0.05, 0.1) is 35.5 Å². The molecule has 0 spiro atoms. The second-order valence-electron chi connectivity index (χ2n) is 8.22. The van der Waals surface area contributed by atoms with Gasteiger partial charge in [-0.25, -0.2) is 20.6 Å². The molecule has 0 aromatic carbocycles. The van der Waals surface area contributed by atoms with Gasteiger partial charge in [0.15, 0.2) is 5.65 Å². The zero-order valence-corrected chi connectivity index (χ0v) is 17.9. The number of fused-ring (bicyclic) bond motifs is 1. The number of amides is 3. The van der Waals surface area contributed by atoms with Crippen LogP contribution in [0.15, 0.2) is 30.7 Å². The largest absolute Gasteiger partial charge is 0.396 e. The van der Waals surface area contributed by atoms with Crippen molar-refractivity contribution in [3.05, 3.63) is 42.0 Å². The van der Waals surface area contributed by atoms with Crippen LogP contribution in [0.3, 0.4) is 0 Å². The number of likely N-dealkylation sites (N-methyl/N-ethyl adjacent to an activating group) is 1. The number of anilines is 4. The Labute approximate surface area is 184 Å². The summed E-state index contributed by atoms with van der Waals surface area (Å²) in [6.45, 7) is 0.300. The topological polar surface area (TPSA) is 138 Å². The molecule has 0 radical (unpaired) electrons.